The quantitative estimate of drug-likeness (QED) is 0.482. The number of carbonyl (C=O) groups excluding carboxylic acids is 1. The van der Waals surface area contributed by atoms with Crippen molar-refractivity contribution >= 4 is 21.7 Å². The summed E-state index contributed by atoms with van der Waals surface area (Å²) in [6.07, 6.45) is -4.57. The van der Waals surface area contributed by atoms with E-state index in [4.69, 9.17) is 0 Å². The van der Waals surface area contributed by atoms with Gasteiger partial charge in [-0.2, -0.15) is 22.6 Å². The van der Waals surface area contributed by atoms with Crippen molar-refractivity contribution in [1.29, 1.82) is 0 Å². The van der Waals surface area contributed by atoms with Crippen molar-refractivity contribution in [3.8, 4) is 5.69 Å². The van der Waals surface area contributed by atoms with Gasteiger partial charge in [0.2, 0.25) is 10.0 Å². The molecular weight excluding hydrogens is 476 g/mol. The Kier molecular flexibility index (Phi) is 7.13. The Balaban J connectivity index is 1.97. The number of nitrogens with one attached hydrogen (secondary N) is 1. The number of nitrogens with zero attached hydrogens (tertiary/aromatic N) is 3. The summed E-state index contributed by atoms with van der Waals surface area (Å²) >= 11 is 0. The Morgan fingerprint density at radius 2 is 1.76 bits per heavy atom. The lowest BCUT2D eigenvalue weighted by Crippen LogP contribution is -2.31. The molecule has 7 nitrogen and oxygen atoms in total. The van der Waals surface area contributed by atoms with E-state index in [-0.39, 0.29) is 30.2 Å². The van der Waals surface area contributed by atoms with E-state index in [1.807, 2.05) is 0 Å². The van der Waals surface area contributed by atoms with Crippen LogP contribution in [0.3, 0.4) is 0 Å². The number of amides is 1. The molecule has 0 bridgehead atoms. The molecule has 0 saturated carbocycles. The molecule has 1 heterocycles. The van der Waals surface area contributed by atoms with E-state index < -0.39 is 38.4 Å². The first-order valence-corrected chi connectivity index (χ1v) is 11.7. The Morgan fingerprint density at radius 1 is 1.09 bits per heavy atom. The van der Waals surface area contributed by atoms with Gasteiger partial charge < -0.3 is 5.32 Å². The molecule has 3 rings (SSSR count). The minimum Gasteiger partial charge on any atom is -0.306 e. The summed E-state index contributed by atoms with van der Waals surface area (Å²) in [6.45, 7) is 5.03. The fraction of sp³-hybridized carbons (Fsp3) is 0.273. The van der Waals surface area contributed by atoms with Crippen molar-refractivity contribution in [2.45, 2.75) is 31.8 Å². The highest BCUT2D eigenvalue weighted by atomic mass is 32.2. The van der Waals surface area contributed by atoms with Gasteiger partial charge in [-0.1, -0.05) is 19.9 Å². The fourth-order valence-electron chi connectivity index (χ4n) is 3.33. The van der Waals surface area contributed by atoms with Crippen molar-refractivity contribution in [2.75, 3.05) is 18.4 Å². The highest BCUT2D eigenvalue weighted by molar-refractivity contribution is 7.89. The average molecular weight is 499 g/mol. The van der Waals surface area contributed by atoms with Crippen LogP contribution < -0.4 is 5.32 Å². The molecule has 0 radical (unpaired) electrons. The number of benzene rings is 2. The van der Waals surface area contributed by atoms with E-state index in [0.29, 0.717) is 5.69 Å². The van der Waals surface area contributed by atoms with Gasteiger partial charge in [0.1, 0.15) is 16.5 Å². The molecule has 1 amide bonds. The number of aromatic nitrogens is 2. The maximum atomic E-state index is 14.4. The van der Waals surface area contributed by atoms with Crippen LogP contribution in [0.1, 0.15) is 35.5 Å². The molecule has 1 N–H and O–H groups in total. The van der Waals surface area contributed by atoms with Crippen molar-refractivity contribution in [2.24, 2.45) is 0 Å². The van der Waals surface area contributed by atoms with Crippen molar-refractivity contribution < 1.29 is 30.8 Å². The third kappa shape index (κ3) is 5.12. The first-order valence-electron chi connectivity index (χ1n) is 10.2. The van der Waals surface area contributed by atoms with Gasteiger partial charge in [-0.05, 0) is 43.3 Å². The summed E-state index contributed by atoms with van der Waals surface area (Å²) in [4.78, 5) is 12.2. The van der Waals surface area contributed by atoms with Crippen LogP contribution in [0.25, 0.3) is 5.69 Å². The minimum absolute atomic E-state index is 0.0549. The molecule has 2 aromatic carbocycles. The van der Waals surface area contributed by atoms with Gasteiger partial charge in [-0.15, -0.1) is 0 Å². The predicted octanol–water partition coefficient (Wildman–Crippen LogP) is 4.62. The summed E-state index contributed by atoms with van der Waals surface area (Å²) < 4.78 is 81.4. The van der Waals surface area contributed by atoms with Gasteiger partial charge in [-0.25, -0.2) is 17.5 Å². The molecular formula is C22H22F4N4O3S. The Morgan fingerprint density at radius 3 is 2.38 bits per heavy atom. The first-order chi connectivity index (χ1) is 15.9. The van der Waals surface area contributed by atoms with Crippen LogP contribution >= 0.6 is 0 Å². The summed E-state index contributed by atoms with van der Waals surface area (Å²) in [5.41, 5.74) is -0.569. The molecule has 0 atom stereocenters. The van der Waals surface area contributed by atoms with E-state index in [1.54, 1.807) is 20.8 Å². The summed E-state index contributed by atoms with van der Waals surface area (Å²) in [5.74, 6) is -1.74. The number of anilines is 1. The average Bonchev–Trinajstić information content (AvgIpc) is 3.14. The van der Waals surface area contributed by atoms with Crippen LogP contribution in [-0.4, -0.2) is 41.5 Å². The largest absolute Gasteiger partial charge is 0.416 e. The third-order valence-corrected chi connectivity index (χ3v) is 7.07. The molecule has 0 fully saturated rings. The smallest absolute Gasteiger partial charge is 0.306 e. The molecule has 0 aliphatic heterocycles. The predicted molar refractivity (Wildman–Crippen MR) is 118 cm³/mol. The van der Waals surface area contributed by atoms with E-state index in [0.717, 1.165) is 39.3 Å². The van der Waals surface area contributed by atoms with Crippen molar-refractivity contribution in [1.82, 2.24) is 14.1 Å². The fourth-order valence-corrected chi connectivity index (χ4v) is 4.88. The second kappa shape index (κ2) is 9.55. The van der Waals surface area contributed by atoms with Crippen LogP contribution in [0.4, 0.5) is 23.4 Å². The third-order valence-electron chi connectivity index (χ3n) is 5.01. The Hall–Kier alpha value is -3.25. The molecule has 3 aromatic rings. The molecule has 0 saturated heterocycles. The molecule has 0 spiro atoms. The Labute approximate surface area is 194 Å². The molecule has 1 aromatic heterocycles. The molecule has 0 aliphatic rings. The topological polar surface area (TPSA) is 84.3 Å². The highest BCUT2D eigenvalue weighted by Crippen LogP contribution is 2.31. The van der Waals surface area contributed by atoms with Crippen molar-refractivity contribution in [3.05, 3.63) is 71.2 Å². The zero-order valence-electron chi connectivity index (χ0n) is 18.5. The number of rotatable bonds is 7. The standard InChI is InChI=1S/C22H22F4N4O3S/c1-4-29(5-2)34(32,33)19-12-15(9-10-18(19)23)21(31)27-20-11-14(3)28-30(20)17-8-6-7-16(13-17)22(24,25)26/h6-13H,4-5H2,1-3H3,(H,27,31). The van der Waals surface area contributed by atoms with Crippen molar-refractivity contribution in [3.63, 3.8) is 0 Å². The molecule has 182 valence electrons. The van der Waals surface area contributed by atoms with Crippen LogP contribution in [0.2, 0.25) is 0 Å². The van der Waals surface area contributed by atoms with Crippen LogP contribution in [0.5, 0.6) is 0 Å². The van der Waals surface area contributed by atoms with Gasteiger partial charge in [0, 0.05) is 24.7 Å². The lowest BCUT2D eigenvalue weighted by atomic mass is 10.2. The van der Waals surface area contributed by atoms with E-state index >= 15 is 0 Å². The lowest BCUT2D eigenvalue weighted by Gasteiger charge is -2.19. The second-order valence-corrected chi connectivity index (χ2v) is 9.23. The number of hydrogen-bond acceptors (Lipinski definition) is 4. The highest BCUT2D eigenvalue weighted by Gasteiger charge is 2.31. The van der Waals surface area contributed by atoms with Gasteiger partial charge in [0.15, 0.2) is 0 Å². The van der Waals surface area contributed by atoms with Crippen LogP contribution in [0, 0.1) is 12.7 Å². The maximum absolute atomic E-state index is 14.4. The van der Waals surface area contributed by atoms with Gasteiger partial charge in [0.25, 0.3) is 5.91 Å². The normalized spacial score (nSPS) is 12.2. The summed E-state index contributed by atoms with van der Waals surface area (Å²) in [6, 6.07) is 8.76. The molecule has 0 unspecified atom stereocenters. The lowest BCUT2D eigenvalue weighted by molar-refractivity contribution is -0.137. The van der Waals surface area contributed by atoms with Gasteiger partial charge in [0.05, 0.1) is 16.9 Å². The minimum atomic E-state index is -4.57. The zero-order chi connectivity index (χ0) is 25.3. The maximum Gasteiger partial charge on any atom is 0.416 e. The van der Waals surface area contributed by atoms with Crippen LogP contribution in [-0.2, 0) is 16.2 Å². The molecule has 0 aliphatic carbocycles. The first kappa shape index (κ1) is 25.4. The zero-order valence-corrected chi connectivity index (χ0v) is 19.3. The van der Waals surface area contributed by atoms with Gasteiger partial charge in [-0.3, -0.25) is 4.79 Å². The summed E-state index contributed by atoms with van der Waals surface area (Å²) in [5, 5.41) is 6.65. The Bertz CT molecular complexity index is 1320. The number of hydrogen-bond donors (Lipinski definition) is 1. The number of alkyl halides is 3. The number of halogens is 4. The van der Waals surface area contributed by atoms with E-state index in [1.165, 1.54) is 18.2 Å². The number of carbonyl (C=O) groups is 1. The van der Waals surface area contributed by atoms with Gasteiger partial charge >= 0.3 is 6.18 Å². The summed E-state index contributed by atoms with van der Waals surface area (Å²) in [7, 11) is -4.17. The van der Waals surface area contributed by atoms with Crippen LogP contribution in [0.15, 0.2) is 53.4 Å². The van der Waals surface area contributed by atoms with E-state index in [9.17, 15) is 30.8 Å². The number of aryl methyl sites for hydroxylation is 1. The monoisotopic (exact) mass is 498 g/mol. The SMILES string of the molecule is CCN(CC)S(=O)(=O)c1cc(C(=O)Nc2cc(C)nn2-c2cccc(C(F)(F)F)c2)ccc1F. The van der Waals surface area contributed by atoms with E-state index in [2.05, 4.69) is 10.4 Å². The molecule has 34 heavy (non-hydrogen) atoms. The number of sulfonamides is 1. The molecule has 12 heteroatoms. The second-order valence-electron chi connectivity index (χ2n) is 7.32.